The molecule has 130 valence electrons. The van der Waals surface area contributed by atoms with E-state index >= 15 is 0 Å². The molecule has 0 spiro atoms. The minimum atomic E-state index is -0.451. The zero-order chi connectivity index (χ0) is 17.1. The van der Waals surface area contributed by atoms with Crippen LogP contribution < -0.4 is 16.4 Å². The topological polar surface area (TPSA) is 110 Å². The van der Waals surface area contributed by atoms with Gasteiger partial charge in [0.2, 0.25) is 5.91 Å². The van der Waals surface area contributed by atoms with E-state index in [1.807, 2.05) is 0 Å². The van der Waals surface area contributed by atoms with Crippen LogP contribution in [0.25, 0.3) is 0 Å². The maximum Gasteiger partial charge on any atom is 0.292 e. The van der Waals surface area contributed by atoms with E-state index in [2.05, 4.69) is 10.6 Å². The number of fused-ring (bicyclic) bond motifs is 2. The van der Waals surface area contributed by atoms with Crippen molar-refractivity contribution in [2.75, 3.05) is 11.9 Å². The van der Waals surface area contributed by atoms with E-state index in [1.54, 1.807) is 18.2 Å². The third-order valence-corrected chi connectivity index (χ3v) is 5.24. The molecule has 24 heavy (non-hydrogen) atoms. The lowest BCUT2D eigenvalue weighted by Crippen LogP contribution is -2.54. The minimum Gasteiger partial charge on any atom is -0.371 e. The van der Waals surface area contributed by atoms with E-state index in [0.717, 1.165) is 25.7 Å². The van der Waals surface area contributed by atoms with Gasteiger partial charge in [0.25, 0.3) is 5.69 Å². The van der Waals surface area contributed by atoms with Crippen molar-refractivity contribution in [1.82, 2.24) is 5.32 Å². The first-order chi connectivity index (χ1) is 11.5. The van der Waals surface area contributed by atoms with Gasteiger partial charge in [0.1, 0.15) is 5.69 Å². The minimum absolute atomic E-state index is 0.0224. The first-order valence-electron chi connectivity index (χ1n) is 8.57. The number of benzene rings is 1. The smallest absolute Gasteiger partial charge is 0.292 e. The molecule has 0 aliphatic heterocycles. The number of nitrogens with one attached hydrogen (secondary N) is 2. The summed E-state index contributed by atoms with van der Waals surface area (Å²) in [7, 11) is 0. The maximum atomic E-state index is 12.3. The van der Waals surface area contributed by atoms with Crippen LogP contribution in [0.5, 0.6) is 0 Å². The lowest BCUT2D eigenvalue weighted by Gasteiger charge is -2.45. The first-order valence-corrected chi connectivity index (χ1v) is 8.57. The largest absolute Gasteiger partial charge is 0.371 e. The standard InChI is InChI=1S/C17H24N4O3/c18-13-8-11-4-3-5-12(9-13)17(11)20-16(22)10-19-14-6-1-2-7-15(14)21(23)24/h1-2,6-7,11-13,17,19H,3-5,8-10,18H2,(H,20,22). The van der Waals surface area contributed by atoms with E-state index in [1.165, 1.54) is 12.5 Å². The number of rotatable bonds is 5. The molecule has 2 aliphatic carbocycles. The average Bonchev–Trinajstić information content (AvgIpc) is 2.54. The van der Waals surface area contributed by atoms with Gasteiger partial charge in [-0.25, -0.2) is 0 Å². The summed E-state index contributed by atoms with van der Waals surface area (Å²) in [6.07, 6.45) is 5.39. The van der Waals surface area contributed by atoms with Crippen LogP contribution in [0.2, 0.25) is 0 Å². The number of hydrogen-bond donors (Lipinski definition) is 3. The Balaban J connectivity index is 1.58. The molecule has 2 aliphatic rings. The van der Waals surface area contributed by atoms with Crippen molar-refractivity contribution in [2.24, 2.45) is 17.6 Å². The van der Waals surface area contributed by atoms with Crippen molar-refractivity contribution in [3.8, 4) is 0 Å². The van der Waals surface area contributed by atoms with Crippen molar-refractivity contribution in [1.29, 1.82) is 0 Å². The molecular formula is C17H24N4O3. The molecular weight excluding hydrogens is 308 g/mol. The van der Waals surface area contributed by atoms with Gasteiger partial charge in [-0.15, -0.1) is 0 Å². The van der Waals surface area contributed by atoms with Gasteiger partial charge in [0.05, 0.1) is 11.5 Å². The number of nitro groups is 1. The summed E-state index contributed by atoms with van der Waals surface area (Å²) in [6, 6.07) is 6.79. The molecule has 0 aromatic heterocycles. The molecule has 1 aromatic rings. The summed E-state index contributed by atoms with van der Waals surface area (Å²) in [4.78, 5) is 22.9. The summed E-state index contributed by atoms with van der Waals surface area (Å²) in [5.74, 6) is 0.801. The maximum absolute atomic E-state index is 12.3. The van der Waals surface area contributed by atoms with Crippen molar-refractivity contribution < 1.29 is 9.72 Å². The Morgan fingerprint density at radius 3 is 2.58 bits per heavy atom. The molecule has 0 radical (unpaired) electrons. The van der Waals surface area contributed by atoms with Crippen LogP contribution in [-0.2, 0) is 4.79 Å². The fourth-order valence-corrected chi connectivity index (χ4v) is 4.22. The van der Waals surface area contributed by atoms with Crippen molar-refractivity contribution in [3.63, 3.8) is 0 Å². The Morgan fingerprint density at radius 1 is 1.25 bits per heavy atom. The van der Waals surface area contributed by atoms with Crippen LogP contribution in [0.1, 0.15) is 32.1 Å². The highest BCUT2D eigenvalue weighted by molar-refractivity contribution is 5.82. The molecule has 2 bridgehead atoms. The molecule has 2 saturated carbocycles. The number of amides is 1. The van der Waals surface area contributed by atoms with Crippen LogP contribution >= 0.6 is 0 Å². The van der Waals surface area contributed by atoms with Gasteiger partial charge < -0.3 is 16.4 Å². The summed E-state index contributed by atoms with van der Waals surface area (Å²) >= 11 is 0. The van der Waals surface area contributed by atoms with Gasteiger partial charge in [-0.3, -0.25) is 14.9 Å². The Kier molecular flexibility index (Phi) is 4.99. The van der Waals surface area contributed by atoms with Gasteiger partial charge in [-0.1, -0.05) is 18.6 Å². The van der Waals surface area contributed by atoms with Gasteiger partial charge >= 0.3 is 0 Å². The molecule has 2 atom stereocenters. The SMILES string of the molecule is NC1CC2CCCC(C1)C2NC(=O)CNc1ccccc1[N+](=O)[O-]. The molecule has 1 aromatic carbocycles. The number of nitro benzene ring substituents is 1. The highest BCUT2D eigenvalue weighted by atomic mass is 16.6. The van der Waals surface area contributed by atoms with Gasteiger partial charge in [0, 0.05) is 18.2 Å². The first kappa shape index (κ1) is 16.7. The van der Waals surface area contributed by atoms with Crippen LogP contribution in [-0.4, -0.2) is 29.5 Å². The second-order valence-electron chi connectivity index (χ2n) is 6.90. The Hall–Kier alpha value is -2.15. The summed E-state index contributed by atoms with van der Waals surface area (Å²) in [5.41, 5.74) is 6.45. The summed E-state index contributed by atoms with van der Waals surface area (Å²) in [5, 5.41) is 17.0. The Labute approximate surface area is 141 Å². The number of carbonyl (C=O) groups excluding carboxylic acids is 1. The highest BCUT2D eigenvalue weighted by Gasteiger charge is 2.39. The van der Waals surface area contributed by atoms with E-state index < -0.39 is 4.92 Å². The molecule has 0 heterocycles. The molecule has 3 rings (SSSR count). The van der Waals surface area contributed by atoms with E-state index in [-0.39, 0.29) is 30.2 Å². The monoisotopic (exact) mass is 332 g/mol. The molecule has 2 unspecified atom stereocenters. The van der Waals surface area contributed by atoms with Crippen LogP contribution in [0.3, 0.4) is 0 Å². The fraction of sp³-hybridized carbons (Fsp3) is 0.588. The fourth-order valence-electron chi connectivity index (χ4n) is 4.22. The van der Waals surface area contributed by atoms with E-state index in [9.17, 15) is 14.9 Å². The lowest BCUT2D eigenvalue weighted by atomic mass is 9.67. The number of nitrogens with two attached hydrogens (primary N) is 1. The molecule has 7 heteroatoms. The quantitative estimate of drug-likeness (QED) is 0.564. The zero-order valence-electron chi connectivity index (χ0n) is 13.6. The molecule has 0 saturated heterocycles. The van der Waals surface area contributed by atoms with Crippen molar-refractivity contribution in [2.45, 2.75) is 44.2 Å². The normalized spacial score (nSPS) is 28.9. The highest BCUT2D eigenvalue weighted by Crippen LogP contribution is 2.39. The zero-order valence-corrected chi connectivity index (χ0v) is 13.6. The van der Waals surface area contributed by atoms with Crippen LogP contribution in [0, 0.1) is 22.0 Å². The van der Waals surface area contributed by atoms with E-state index in [0.29, 0.717) is 17.5 Å². The third kappa shape index (κ3) is 3.67. The van der Waals surface area contributed by atoms with Gasteiger partial charge in [-0.2, -0.15) is 0 Å². The molecule has 4 N–H and O–H groups in total. The van der Waals surface area contributed by atoms with Crippen molar-refractivity contribution >= 4 is 17.3 Å². The molecule has 7 nitrogen and oxygen atoms in total. The lowest BCUT2D eigenvalue weighted by molar-refractivity contribution is -0.383. The Morgan fingerprint density at radius 2 is 1.92 bits per heavy atom. The number of nitrogens with zero attached hydrogens (tertiary/aromatic N) is 1. The number of hydrogen-bond acceptors (Lipinski definition) is 5. The molecule has 2 fully saturated rings. The number of carbonyl (C=O) groups is 1. The van der Waals surface area contributed by atoms with Crippen LogP contribution in [0.15, 0.2) is 24.3 Å². The predicted octanol–water partition coefficient (Wildman–Crippen LogP) is 2.03. The van der Waals surface area contributed by atoms with Gasteiger partial charge in [-0.05, 0) is 43.6 Å². The third-order valence-electron chi connectivity index (χ3n) is 5.24. The number of para-hydroxylation sites is 2. The van der Waals surface area contributed by atoms with E-state index in [4.69, 9.17) is 5.73 Å². The van der Waals surface area contributed by atoms with Gasteiger partial charge in [0.15, 0.2) is 0 Å². The summed E-state index contributed by atoms with van der Waals surface area (Å²) < 4.78 is 0. The van der Waals surface area contributed by atoms with Crippen molar-refractivity contribution in [3.05, 3.63) is 34.4 Å². The second kappa shape index (κ2) is 7.17. The predicted molar refractivity (Wildman–Crippen MR) is 91.6 cm³/mol. The molecule has 1 amide bonds. The number of anilines is 1. The average molecular weight is 332 g/mol. The second-order valence-corrected chi connectivity index (χ2v) is 6.90. The Bertz CT molecular complexity index is 608. The summed E-state index contributed by atoms with van der Waals surface area (Å²) in [6.45, 7) is 0.0346. The van der Waals surface area contributed by atoms with Crippen LogP contribution in [0.4, 0.5) is 11.4 Å².